The summed E-state index contributed by atoms with van der Waals surface area (Å²) in [5, 5.41) is 31.2. The van der Waals surface area contributed by atoms with Gasteiger partial charge < -0.3 is 15.3 Å². The Bertz CT molecular complexity index is 363. The SMILES string of the molecule is C[C@@H]1[C@@H](O)[C@@H](O)[C@H]2[C@@H]1[C@H]1[C@@H](CC[C@@]2(C)O)C1(C)C. The standard InChI is InChI=1S/C15H26O3/c1-7-9-10-8(14(10,2)3)5-6-15(4,18)11(9)13(17)12(7)16/h7-13,16-18H,5-6H2,1-4H3/t7-,8+,9-,10+,11+,12+,13-,15+/m0/s1. The highest BCUT2D eigenvalue weighted by Gasteiger charge is 2.69. The Balaban J connectivity index is 2.01. The maximum absolute atomic E-state index is 10.7. The first kappa shape index (κ1) is 12.9. The molecule has 0 spiro atoms. The van der Waals surface area contributed by atoms with Gasteiger partial charge in [-0.15, -0.1) is 0 Å². The van der Waals surface area contributed by atoms with E-state index in [1.807, 2.05) is 13.8 Å². The molecule has 3 aliphatic carbocycles. The zero-order chi connectivity index (χ0) is 13.5. The van der Waals surface area contributed by atoms with E-state index in [1.54, 1.807) is 0 Å². The quantitative estimate of drug-likeness (QED) is 0.612. The van der Waals surface area contributed by atoms with E-state index >= 15 is 0 Å². The normalized spacial score (nSPS) is 61.8. The summed E-state index contributed by atoms with van der Waals surface area (Å²) in [6, 6.07) is 0. The minimum Gasteiger partial charge on any atom is -0.390 e. The molecule has 3 saturated carbocycles. The molecule has 104 valence electrons. The molecule has 3 heteroatoms. The minimum absolute atomic E-state index is 0.0869. The Kier molecular flexibility index (Phi) is 2.51. The number of hydrogen-bond acceptors (Lipinski definition) is 3. The molecule has 18 heavy (non-hydrogen) atoms. The highest BCUT2D eigenvalue weighted by molar-refractivity contribution is 5.18. The number of hydrogen-bond donors (Lipinski definition) is 3. The van der Waals surface area contributed by atoms with Crippen LogP contribution >= 0.6 is 0 Å². The molecule has 0 bridgehead atoms. The molecule has 3 fully saturated rings. The predicted molar refractivity (Wildman–Crippen MR) is 68.8 cm³/mol. The van der Waals surface area contributed by atoms with E-state index in [9.17, 15) is 15.3 Å². The lowest BCUT2D eigenvalue weighted by Crippen LogP contribution is -2.44. The molecule has 0 radical (unpaired) electrons. The summed E-state index contributed by atoms with van der Waals surface area (Å²) in [5.41, 5.74) is -0.517. The van der Waals surface area contributed by atoms with Crippen LogP contribution in [0.5, 0.6) is 0 Å². The van der Waals surface area contributed by atoms with E-state index in [1.165, 1.54) is 0 Å². The number of aliphatic hydroxyl groups is 3. The van der Waals surface area contributed by atoms with Crippen molar-refractivity contribution >= 4 is 0 Å². The molecule has 3 nitrogen and oxygen atoms in total. The Morgan fingerprint density at radius 2 is 1.61 bits per heavy atom. The van der Waals surface area contributed by atoms with Crippen molar-refractivity contribution in [1.82, 2.24) is 0 Å². The number of rotatable bonds is 0. The van der Waals surface area contributed by atoms with Crippen molar-refractivity contribution in [3.63, 3.8) is 0 Å². The third-order valence-electron chi connectivity index (χ3n) is 6.51. The van der Waals surface area contributed by atoms with Crippen LogP contribution in [0, 0.1) is 35.0 Å². The summed E-state index contributed by atoms with van der Waals surface area (Å²) in [6.07, 6.45) is 0.347. The molecule has 0 saturated heterocycles. The van der Waals surface area contributed by atoms with Gasteiger partial charge in [0, 0.05) is 5.92 Å². The van der Waals surface area contributed by atoms with Crippen molar-refractivity contribution < 1.29 is 15.3 Å². The van der Waals surface area contributed by atoms with Crippen molar-refractivity contribution in [2.75, 3.05) is 0 Å². The Hall–Kier alpha value is -0.120. The maximum atomic E-state index is 10.7. The van der Waals surface area contributed by atoms with Gasteiger partial charge in [0.15, 0.2) is 0 Å². The summed E-state index contributed by atoms with van der Waals surface area (Å²) in [7, 11) is 0. The van der Waals surface area contributed by atoms with Gasteiger partial charge in [0.05, 0.1) is 17.8 Å². The summed E-state index contributed by atoms with van der Waals surface area (Å²) < 4.78 is 0. The zero-order valence-corrected chi connectivity index (χ0v) is 11.8. The van der Waals surface area contributed by atoms with Gasteiger partial charge in [-0.05, 0) is 48.9 Å². The number of fused-ring (bicyclic) bond motifs is 3. The lowest BCUT2D eigenvalue weighted by atomic mass is 9.74. The third kappa shape index (κ3) is 1.41. The van der Waals surface area contributed by atoms with Crippen LogP contribution in [0.1, 0.15) is 40.5 Å². The molecule has 0 aromatic carbocycles. The van der Waals surface area contributed by atoms with Crippen LogP contribution in [0.3, 0.4) is 0 Å². The van der Waals surface area contributed by atoms with E-state index < -0.39 is 17.8 Å². The minimum atomic E-state index is -0.834. The fourth-order valence-electron chi connectivity index (χ4n) is 5.36. The molecule has 0 unspecified atom stereocenters. The first-order valence-corrected chi connectivity index (χ1v) is 7.28. The average molecular weight is 254 g/mol. The van der Waals surface area contributed by atoms with E-state index in [2.05, 4.69) is 13.8 Å². The van der Waals surface area contributed by atoms with Gasteiger partial charge in [-0.1, -0.05) is 20.8 Å². The van der Waals surface area contributed by atoms with Crippen LogP contribution in [0.15, 0.2) is 0 Å². The van der Waals surface area contributed by atoms with E-state index in [0.717, 1.165) is 12.8 Å². The topological polar surface area (TPSA) is 60.7 Å². The van der Waals surface area contributed by atoms with Gasteiger partial charge in [-0.2, -0.15) is 0 Å². The largest absolute Gasteiger partial charge is 0.390 e. The third-order valence-corrected chi connectivity index (χ3v) is 6.51. The second-order valence-corrected chi connectivity index (χ2v) is 7.79. The maximum Gasteiger partial charge on any atom is 0.0860 e. The van der Waals surface area contributed by atoms with Crippen molar-refractivity contribution in [2.45, 2.75) is 58.3 Å². The van der Waals surface area contributed by atoms with Crippen LogP contribution in [-0.2, 0) is 0 Å². The summed E-state index contributed by atoms with van der Waals surface area (Å²) in [5.74, 6) is 1.38. The highest BCUT2D eigenvalue weighted by Crippen LogP contribution is 2.71. The fraction of sp³-hybridized carbons (Fsp3) is 1.00. The molecule has 0 aromatic heterocycles. The Labute approximate surface area is 109 Å². The second-order valence-electron chi connectivity index (χ2n) is 7.79. The van der Waals surface area contributed by atoms with Crippen LogP contribution in [0.2, 0.25) is 0 Å². The van der Waals surface area contributed by atoms with E-state index in [0.29, 0.717) is 17.3 Å². The van der Waals surface area contributed by atoms with Crippen molar-refractivity contribution in [2.24, 2.45) is 35.0 Å². The van der Waals surface area contributed by atoms with Crippen LogP contribution in [-0.4, -0.2) is 33.1 Å². The van der Waals surface area contributed by atoms with E-state index in [-0.39, 0.29) is 17.8 Å². The van der Waals surface area contributed by atoms with Gasteiger partial charge in [0.2, 0.25) is 0 Å². The van der Waals surface area contributed by atoms with Crippen LogP contribution < -0.4 is 0 Å². The van der Waals surface area contributed by atoms with Gasteiger partial charge in [0.1, 0.15) is 0 Å². The predicted octanol–water partition coefficient (Wildman–Crippen LogP) is 1.41. The summed E-state index contributed by atoms with van der Waals surface area (Å²) >= 11 is 0. The van der Waals surface area contributed by atoms with Gasteiger partial charge in [-0.3, -0.25) is 0 Å². The Morgan fingerprint density at radius 1 is 1.00 bits per heavy atom. The molecule has 3 N–H and O–H groups in total. The molecule has 0 aromatic rings. The molecule has 0 amide bonds. The van der Waals surface area contributed by atoms with Gasteiger partial charge in [0.25, 0.3) is 0 Å². The molecular formula is C15H26O3. The zero-order valence-electron chi connectivity index (χ0n) is 11.8. The van der Waals surface area contributed by atoms with Crippen LogP contribution in [0.25, 0.3) is 0 Å². The molecule has 8 atom stereocenters. The lowest BCUT2D eigenvalue weighted by Gasteiger charge is -2.36. The second kappa shape index (κ2) is 3.50. The van der Waals surface area contributed by atoms with Crippen molar-refractivity contribution in [1.29, 1.82) is 0 Å². The van der Waals surface area contributed by atoms with Gasteiger partial charge in [-0.25, -0.2) is 0 Å². The molecular weight excluding hydrogens is 228 g/mol. The average Bonchev–Trinajstić information content (AvgIpc) is 2.77. The van der Waals surface area contributed by atoms with Crippen LogP contribution in [0.4, 0.5) is 0 Å². The Morgan fingerprint density at radius 3 is 2.22 bits per heavy atom. The van der Waals surface area contributed by atoms with E-state index in [4.69, 9.17) is 0 Å². The van der Waals surface area contributed by atoms with Crippen molar-refractivity contribution in [3.05, 3.63) is 0 Å². The monoisotopic (exact) mass is 254 g/mol. The first-order chi connectivity index (χ1) is 8.19. The molecule has 3 rings (SSSR count). The fourth-order valence-corrected chi connectivity index (χ4v) is 5.36. The van der Waals surface area contributed by atoms with Crippen molar-refractivity contribution in [3.8, 4) is 0 Å². The smallest absolute Gasteiger partial charge is 0.0860 e. The molecule has 0 heterocycles. The highest BCUT2D eigenvalue weighted by atomic mass is 16.3. The molecule has 3 aliphatic rings. The summed E-state index contributed by atoms with van der Waals surface area (Å²) in [6.45, 7) is 8.47. The molecule has 0 aliphatic heterocycles. The summed E-state index contributed by atoms with van der Waals surface area (Å²) in [4.78, 5) is 0. The lowest BCUT2D eigenvalue weighted by molar-refractivity contribution is -0.0855. The number of aliphatic hydroxyl groups excluding tert-OH is 2. The van der Waals surface area contributed by atoms with Gasteiger partial charge >= 0.3 is 0 Å². The first-order valence-electron chi connectivity index (χ1n) is 7.28.